The Hall–Kier alpha value is -1.14. The monoisotopic (exact) mass is 341 g/mol. The van der Waals surface area contributed by atoms with E-state index in [1.807, 2.05) is 0 Å². The van der Waals surface area contributed by atoms with Gasteiger partial charge < -0.3 is 10.6 Å². The lowest BCUT2D eigenvalue weighted by molar-refractivity contribution is -0.385. The number of anilines is 1. The minimum absolute atomic E-state index is 0.155. The molecule has 0 radical (unpaired) electrons. The van der Waals surface area contributed by atoms with Crippen molar-refractivity contribution >= 4 is 27.3 Å². The number of hydrogen-bond acceptors (Lipinski definition) is 4. The van der Waals surface area contributed by atoms with E-state index in [9.17, 15) is 10.1 Å². The second kappa shape index (κ2) is 6.54. The molecule has 1 fully saturated rings. The van der Waals surface area contributed by atoms with Gasteiger partial charge in [-0.1, -0.05) is 0 Å². The normalized spacial score (nSPS) is 19.9. The third-order valence-corrected chi connectivity index (χ3v) is 4.34. The SMILES string of the molecule is Cc1cc(Br)c(NC(C)CC2CCCN2)cc1[N+](=O)[O-]. The van der Waals surface area contributed by atoms with Gasteiger partial charge in [0.2, 0.25) is 0 Å². The van der Waals surface area contributed by atoms with E-state index in [1.54, 1.807) is 19.1 Å². The number of nitro benzene ring substituents is 1. The van der Waals surface area contributed by atoms with Crippen LogP contribution in [0.1, 0.15) is 31.7 Å². The molecule has 0 saturated carbocycles. The Balaban J connectivity index is 2.07. The average Bonchev–Trinajstić information content (AvgIpc) is 2.84. The van der Waals surface area contributed by atoms with E-state index in [4.69, 9.17) is 0 Å². The number of nitrogens with one attached hydrogen (secondary N) is 2. The molecule has 2 unspecified atom stereocenters. The second-order valence-electron chi connectivity index (χ2n) is 5.45. The van der Waals surface area contributed by atoms with E-state index < -0.39 is 0 Å². The highest BCUT2D eigenvalue weighted by Crippen LogP contribution is 2.31. The van der Waals surface area contributed by atoms with E-state index in [0.717, 1.165) is 23.1 Å². The number of halogens is 1. The molecule has 0 amide bonds. The van der Waals surface area contributed by atoms with Crippen LogP contribution in [-0.4, -0.2) is 23.6 Å². The first-order valence-corrected chi connectivity index (χ1v) is 7.71. The van der Waals surface area contributed by atoms with Crippen LogP contribution >= 0.6 is 15.9 Å². The molecule has 2 atom stereocenters. The van der Waals surface area contributed by atoms with Crippen molar-refractivity contribution in [2.24, 2.45) is 0 Å². The van der Waals surface area contributed by atoms with Crippen molar-refractivity contribution in [2.45, 2.75) is 45.2 Å². The van der Waals surface area contributed by atoms with Crippen molar-refractivity contribution in [1.82, 2.24) is 5.32 Å². The molecule has 110 valence electrons. The summed E-state index contributed by atoms with van der Waals surface area (Å²) in [5.74, 6) is 0. The molecule has 1 aliphatic rings. The van der Waals surface area contributed by atoms with Gasteiger partial charge in [0.05, 0.1) is 10.6 Å². The minimum atomic E-state index is -0.337. The summed E-state index contributed by atoms with van der Waals surface area (Å²) >= 11 is 3.47. The minimum Gasteiger partial charge on any atom is -0.381 e. The van der Waals surface area contributed by atoms with Gasteiger partial charge in [-0.05, 0) is 61.7 Å². The highest BCUT2D eigenvalue weighted by Gasteiger charge is 2.19. The van der Waals surface area contributed by atoms with Gasteiger partial charge in [0.25, 0.3) is 5.69 Å². The third-order valence-electron chi connectivity index (χ3n) is 3.68. The fourth-order valence-electron chi connectivity index (χ4n) is 2.68. The maximum atomic E-state index is 11.0. The van der Waals surface area contributed by atoms with E-state index in [1.165, 1.54) is 12.8 Å². The van der Waals surface area contributed by atoms with E-state index in [-0.39, 0.29) is 16.7 Å². The van der Waals surface area contributed by atoms with Crippen LogP contribution in [0.2, 0.25) is 0 Å². The van der Waals surface area contributed by atoms with Gasteiger partial charge in [0.1, 0.15) is 0 Å². The molecule has 6 heteroatoms. The fourth-order valence-corrected chi connectivity index (χ4v) is 3.25. The van der Waals surface area contributed by atoms with Crippen molar-refractivity contribution in [2.75, 3.05) is 11.9 Å². The van der Waals surface area contributed by atoms with Crippen LogP contribution in [0.3, 0.4) is 0 Å². The number of nitrogens with zero attached hydrogens (tertiary/aromatic N) is 1. The summed E-state index contributed by atoms with van der Waals surface area (Å²) < 4.78 is 0.867. The molecule has 0 spiro atoms. The van der Waals surface area contributed by atoms with Gasteiger partial charge in [-0.2, -0.15) is 0 Å². The highest BCUT2D eigenvalue weighted by atomic mass is 79.9. The smallest absolute Gasteiger partial charge is 0.274 e. The van der Waals surface area contributed by atoms with Crippen LogP contribution in [0.4, 0.5) is 11.4 Å². The van der Waals surface area contributed by atoms with Gasteiger partial charge in [-0.15, -0.1) is 0 Å². The maximum absolute atomic E-state index is 11.0. The highest BCUT2D eigenvalue weighted by molar-refractivity contribution is 9.10. The Labute approximate surface area is 127 Å². The molecule has 5 nitrogen and oxygen atoms in total. The molecule has 1 aliphatic heterocycles. The van der Waals surface area contributed by atoms with Gasteiger partial charge >= 0.3 is 0 Å². The second-order valence-corrected chi connectivity index (χ2v) is 6.30. The lowest BCUT2D eigenvalue weighted by Gasteiger charge is -2.20. The van der Waals surface area contributed by atoms with Crippen LogP contribution in [-0.2, 0) is 0 Å². The van der Waals surface area contributed by atoms with Crippen LogP contribution in [0.15, 0.2) is 16.6 Å². The fraction of sp³-hybridized carbons (Fsp3) is 0.571. The largest absolute Gasteiger partial charge is 0.381 e. The van der Waals surface area contributed by atoms with Crippen molar-refractivity contribution in [1.29, 1.82) is 0 Å². The van der Waals surface area contributed by atoms with Gasteiger partial charge in [-0.25, -0.2) is 0 Å². The van der Waals surface area contributed by atoms with Crippen molar-refractivity contribution in [3.8, 4) is 0 Å². The Morgan fingerprint density at radius 1 is 1.60 bits per heavy atom. The van der Waals surface area contributed by atoms with Crippen LogP contribution < -0.4 is 10.6 Å². The molecule has 1 aromatic carbocycles. The molecule has 2 N–H and O–H groups in total. The predicted molar refractivity (Wildman–Crippen MR) is 84.3 cm³/mol. The molecule has 1 saturated heterocycles. The van der Waals surface area contributed by atoms with Crippen molar-refractivity contribution in [3.63, 3.8) is 0 Å². The lowest BCUT2D eigenvalue weighted by atomic mass is 10.1. The molecule has 20 heavy (non-hydrogen) atoms. The summed E-state index contributed by atoms with van der Waals surface area (Å²) in [5.41, 5.74) is 1.60. The first-order chi connectivity index (χ1) is 9.47. The maximum Gasteiger partial charge on any atom is 0.274 e. The zero-order valence-corrected chi connectivity index (χ0v) is 13.4. The van der Waals surface area contributed by atoms with Gasteiger partial charge in [0, 0.05) is 28.2 Å². The number of aryl methyl sites for hydroxylation is 1. The molecular weight excluding hydrogens is 322 g/mol. The van der Waals surface area contributed by atoms with Crippen LogP contribution in [0.25, 0.3) is 0 Å². The first kappa shape index (κ1) is 15.3. The van der Waals surface area contributed by atoms with Gasteiger partial charge in [-0.3, -0.25) is 10.1 Å². The molecule has 0 aliphatic carbocycles. The zero-order chi connectivity index (χ0) is 14.7. The summed E-state index contributed by atoms with van der Waals surface area (Å²) in [7, 11) is 0. The molecule has 1 aromatic rings. The quantitative estimate of drug-likeness (QED) is 0.634. The van der Waals surface area contributed by atoms with Crippen molar-refractivity contribution < 1.29 is 4.92 Å². The average molecular weight is 342 g/mol. The number of benzene rings is 1. The van der Waals surface area contributed by atoms with Crippen molar-refractivity contribution in [3.05, 3.63) is 32.3 Å². The molecular formula is C14H20BrN3O2. The Kier molecular flexibility index (Phi) is 4.99. The number of rotatable bonds is 5. The van der Waals surface area contributed by atoms with E-state index >= 15 is 0 Å². The molecule has 2 rings (SSSR count). The topological polar surface area (TPSA) is 67.2 Å². The Morgan fingerprint density at radius 3 is 2.95 bits per heavy atom. The Morgan fingerprint density at radius 2 is 2.35 bits per heavy atom. The summed E-state index contributed by atoms with van der Waals surface area (Å²) in [6.07, 6.45) is 3.46. The summed E-state index contributed by atoms with van der Waals surface area (Å²) in [6.45, 7) is 4.95. The summed E-state index contributed by atoms with van der Waals surface area (Å²) in [4.78, 5) is 10.7. The Bertz CT molecular complexity index is 501. The van der Waals surface area contributed by atoms with Gasteiger partial charge in [0.15, 0.2) is 0 Å². The molecule has 0 aromatic heterocycles. The summed E-state index contributed by atoms with van der Waals surface area (Å²) in [5, 5.41) is 17.8. The first-order valence-electron chi connectivity index (χ1n) is 6.92. The number of hydrogen-bond donors (Lipinski definition) is 2. The standard InChI is InChI=1S/C14H20BrN3O2/c1-9-6-12(15)13(8-14(9)18(19)20)17-10(2)7-11-4-3-5-16-11/h6,8,10-11,16-17H,3-5,7H2,1-2H3. The third kappa shape index (κ3) is 3.70. The number of nitro groups is 1. The van der Waals surface area contributed by atoms with Crippen LogP contribution in [0, 0.1) is 17.0 Å². The van der Waals surface area contributed by atoms with E-state index in [2.05, 4.69) is 33.5 Å². The predicted octanol–water partition coefficient (Wildman–Crippen LogP) is 3.61. The lowest BCUT2D eigenvalue weighted by Crippen LogP contribution is -2.29. The molecule has 1 heterocycles. The zero-order valence-electron chi connectivity index (χ0n) is 11.8. The summed E-state index contributed by atoms with van der Waals surface area (Å²) in [6, 6.07) is 4.22. The molecule has 0 bridgehead atoms. The van der Waals surface area contributed by atoms with Crippen LogP contribution in [0.5, 0.6) is 0 Å². The van der Waals surface area contributed by atoms with E-state index in [0.29, 0.717) is 11.6 Å².